The number of rotatable bonds is 5. The van der Waals surface area contributed by atoms with E-state index in [0.29, 0.717) is 12.2 Å². The molecule has 120 valence electrons. The predicted octanol–water partition coefficient (Wildman–Crippen LogP) is 1.53. The zero-order chi connectivity index (χ0) is 16.3. The third kappa shape index (κ3) is 2.96. The number of amides is 1. The van der Waals surface area contributed by atoms with Gasteiger partial charge in [-0.25, -0.2) is 9.18 Å². The van der Waals surface area contributed by atoms with Gasteiger partial charge in [-0.1, -0.05) is 0 Å². The Bertz CT molecular complexity index is 601. The number of carbonyl (C=O) groups is 2. The first-order chi connectivity index (χ1) is 10.4. The van der Waals surface area contributed by atoms with E-state index in [-0.39, 0.29) is 22.8 Å². The molecule has 6 nitrogen and oxygen atoms in total. The summed E-state index contributed by atoms with van der Waals surface area (Å²) in [4.78, 5) is 23.7. The Kier molecular flexibility index (Phi) is 4.80. The molecule has 8 heteroatoms. The summed E-state index contributed by atoms with van der Waals surface area (Å²) < 4.78 is 24.0. The van der Waals surface area contributed by atoms with Crippen molar-refractivity contribution in [1.82, 2.24) is 5.32 Å². The lowest BCUT2D eigenvalue weighted by molar-refractivity contribution is -0.143. The van der Waals surface area contributed by atoms with E-state index in [9.17, 15) is 19.1 Å². The van der Waals surface area contributed by atoms with Crippen LogP contribution in [0.5, 0.6) is 11.5 Å². The Hall–Kier alpha value is -1.96. The number of benzene rings is 1. The molecule has 2 rings (SSSR count). The minimum atomic E-state index is -1.36. The fraction of sp³-hybridized carbons (Fsp3) is 0.429. The van der Waals surface area contributed by atoms with E-state index < -0.39 is 23.2 Å². The Balaban J connectivity index is 2.31. The van der Waals surface area contributed by atoms with Gasteiger partial charge >= 0.3 is 5.97 Å². The summed E-state index contributed by atoms with van der Waals surface area (Å²) in [5.41, 5.74) is -1.64. The first-order valence-corrected chi connectivity index (χ1v) is 7.64. The molecular formula is C14H16FNO5S. The van der Waals surface area contributed by atoms with E-state index in [2.05, 4.69) is 5.32 Å². The molecule has 0 bridgehead atoms. The highest BCUT2D eigenvalue weighted by atomic mass is 32.2. The van der Waals surface area contributed by atoms with Crippen LogP contribution in [-0.2, 0) is 4.79 Å². The van der Waals surface area contributed by atoms with Gasteiger partial charge in [0.15, 0.2) is 11.5 Å². The monoisotopic (exact) mass is 329 g/mol. The van der Waals surface area contributed by atoms with Gasteiger partial charge in [0.2, 0.25) is 0 Å². The molecule has 1 atom stereocenters. The molecule has 0 radical (unpaired) electrons. The molecule has 1 aromatic carbocycles. The van der Waals surface area contributed by atoms with Crippen LogP contribution in [-0.4, -0.2) is 48.2 Å². The maximum Gasteiger partial charge on any atom is 0.330 e. The van der Waals surface area contributed by atoms with E-state index in [1.165, 1.54) is 32.0 Å². The van der Waals surface area contributed by atoms with E-state index in [0.717, 1.165) is 6.07 Å². The maximum absolute atomic E-state index is 14.1. The molecular weight excluding hydrogens is 313 g/mol. The van der Waals surface area contributed by atoms with Crippen molar-refractivity contribution in [3.8, 4) is 11.5 Å². The second-order valence-electron chi connectivity index (χ2n) is 4.83. The summed E-state index contributed by atoms with van der Waals surface area (Å²) in [5, 5.41) is 11.8. The van der Waals surface area contributed by atoms with Crippen molar-refractivity contribution in [3.63, 3.8) is 0 Å². The normalized spacial score (nSPS) is 20.5. The summed E-state index contributed by atoms with van der Waals surface area (Å²) in [5.74, 6) is -1.49. The number of thioether (sulfide) groups is 1. The van der Waals surface area contributed by atoms with Crippen molar-refractivity contribution >= 4 is 23.6 Å². The summed E-state index contributed by atoms with van der Waals surface area (Å²) in [7, 11) is 2.72. The zero-order valence-corrected chi connectivity index (χ0v) is 13.0. The van der Waals surface area contributed by atoms with Crippen molar-refractivity contribution in [1.29, 1.82) is 0 Å². The number of nitrogens with one attached hydrogen (secondary N) is 1. The largest absolute Gasteiger partial charge is 0.493 e. The number of carbonyl (C=O) groups excluding carboxylic acids is 1. The number of ether oxygens (including phenoxy) is 2. The minimum absolute atomic E-state index is 0.154. The highest BCUT2D eigenvalue weighted by Gasteiger charge is 2.43. The van der Waals surface area contributed by atoms with Crippen LogP contribution in [0.3, 0.4) is 0 Å². The van der Waals surface area contributed by atoms with Crippen molar-refractivity contribution in [2.75, 3.05) is 25.7 Å². The molecule has 22 heavy (non-hydrogen) atoms. The van der Waals surface area contributed by atoms with Crippen molar-refractivity contribution in [2.45, 2.75) is 12.0 Å². The fourth-order valence-corrected chi connectivity index (χ4v) is 3.52. The number of aliphatic carboxylic acids is 1. The Morgan fingerprint density at radius 2 is 1.95 bits per heavy atom. The van der Waals surface area contributed by atoms with Gasteiger partial charge in [0, 0.05) is 11.8 Å². The average Bonchev–Trinajstić information content (AvgIpc) is 2.96. The number of methoxy groups -OCH3 is 2. The van der Waals surface area contributed by atoms with Crippen molar-refractivity contribution in [3.05, 3.63) is 23.5 Å². The van der Waals surface area contributed by atoms with Crippen LogP contribution in [0.2, 0.25) is 0 Å². The first kappa shape index (κ1) is 16.4. The number of carboxylic acid groups (broad SMARTS) is 1. The van der Waals surface area contributed by atoms with Gasteiger partial charge in [-0.3, -0.25) is 4.79 Å². The second kappa shape index (κ2) is 6.43. The van der Waals surface area contributed by atoms with Gasteiger partial charge in [-0.05, 0) is 18.2 Å². The highest BCUT2D eigenvalue weighted by Crippen LogP contribution is 2.32. The molecule has 2 N–H and O–H groups in total. The van der Waals surface area contributed by atoms with E-state index in [1.807, 2.05) is 0 Å². The average molecular weight is 329 g/mol. The van der Waals surface area contributed by atoms with Crippen LogP contribution < -0.4 is 14.8 Å². The summed E-state index contributed by atoms with van der Waals surface area (Å²) >= 11 is 1.43. The Morgan fingerprint density at radius 3 is 2.45 bits per heavy atom. The Morgan fingerprint density at radius 1 is 1.32 bits per heavy atom. The topological polar surface area (TPSA) is 84.9 Å². The summed E-state index contributed by atoms with van der Waals surface area (Å²) in [6, 6.07) is 2.23. The molecule has 0 aromatic heterocycles. The smallest absolute Gasteiger partial charge is 0.330 e. The van der Waals surface area contributed by atoms with Crippen LogP contribution in [0.25, 0.3) is 0 Å². The summed E-state index contributed by atoms with van der Waals surface area (Å²) in [6.07, 6.45) is 0.299. The van der Waals surface area contributed by atoms with Gasteiger partial charge in [0.05, 0.1) is 19.8 Å². The van der Waals surface area contributed by atoms with Gasteiger partial charge in [-0.15, -0.1) is 0 Å². The third-order valence-corrected chi connectivity index (χ3v) is 4.69. The molecule has 1 saturated heterocycles. The van der Waals surface area contributed by atoms with Crippen LogP contribution in [0.4, 0.5) is 4.39 Å². The van der Waals surface area contributed by atoms with E-state index in [4.69, 9.17) is 9.47 Å². The Labute approximate surface area is 131 Å². The minimum Gasteiger partial charge on any atom is -0.493 e. The second-order valence-corrected chi connectivity index (χ2v) is 5.94. The quantitative estimate of drug-likeness (QED) is 0.852. The third-order valence-electron chi connectivity index (χ3n) is 3.50. The number of halogens is 1. The molecule has 1 amide bonds. The van der Waals surface area contributed by atoms with Gasteiger partial charge in [0.1, 0.15) is 11.4 Å². The standard InChI is InChI=1S/C14H16FNO5S/c1-20-10-5-8(9(15)6-11(10)21-2)12(17)16-14(13(18)19)3-4-22-7-14/h5-6H,3-4,7H2,1-2H3,(H,16,17)(H,18,19). The molecule has 1 heterocycles. The molecule has 0 saturated carbocycles. The molecule has 1 aliphatic rings. The first-order valence-electron chi connectivity index (χ1n) is 6.48. The highest BCUT2D eigenvalue weighted by molar-refractivity contribution is 7.99. The van der Waals surface area contributed by atoms with Gasteiger partial charge in [-0.2, -0.15) is 11.8 Å². The van der Waals surface area contributed by atoms with E-state index in [1.54, 1.807) is 0 Å². The predicted molar refractivity (Wildman–Crippen MR) is 79.3 cm³/mol. The van der Waals surface area contributed by atoms with Crippen molar-refractivity contribution < 1.29 is 28.6 Å². The molecule has 1 aromatic rings. The fourth-order valence-electron chi connectivity index (χ4n) is 2.20. The SMILES string of the molecule is COc1cc(F)c(C(=O)NC2(C(=O)O)CCSC2)cc1OC. The van der Waals surface area contributed by atoms with Crippen molar-refractivity contribution in [2.24, 2.45) is 0 Å². The molecule has 0 spiro atoms. The van der Waals surface area contributed by atoms with Crippen LogP contribution >= 0.6 is 11.8 Å². The van der Waals surface area contributed by atoms with E-state index >= 15 is 0 Å². The van der Waals surface area contributed by atoms with Gasteiger partial charge < -0.3 is 19.9 Å². The molecule has 1 unspecified atom stereocenters. The van der Waals surface area contributed by atoms with Crippen LogP contribution in [0, 0.1) is 5.82 Å². The number of carboxylic acids is 1. The lowest BCUT2D eigenvalue weighted by Gasteiger charge is -2.24. The number of hydrogen-bond donors (Lipinski definition) is 2. The maximum atomic E-state index is 14.1. The number of hydrogen-bond acceptors (Lipinski definition) is 5. The van der Waals surface area contributed by atoms with Crippen LogP contribution in [0.15, 0.2) is 12.1 Å². The molecule has 1 fully saturated rings. The molecule has 0 aliphatic carbocycles. The lowest BCUT2D eigenvalue weighted by atomic mass is 9.98. The van der Waals surface area contributed by atoms with Crippen LogP contribution in [0.1, 0.15) is 16.8 Å². The zero-order valence-electron chi connectivity index (χ0n) is 12.1. The summed E-state index contributed by atoms with van der Waals surface area (Å²) in [6.45, 7) is 0. The molecule has 1 aliphatic heterocycles. The van der Waals surface area contributed by atoms with Gasteiger partial charge in [0.25, 0.3) is 5.91 Å². The lowest BCUT2D eigenvalue weighted by Crippen LogP contribution is -2.54.